The van der Waals surface area contributed by atoms with Gasteiger partial charge in [-0.1, -0.05) is 6.07 Å². The molecule has 0 atom stereocenters. The predicted octanol–water partition coefficient (Wildman–Crippen LogP) is 3.52. The first-order valence-corrected chi connectivity index (χ1v) is 8.52. The summed E-state index contributed by atoms with van der Waals surface area (Å²) in [5, 5.41) is 3.56. The van der Waals surface area contributed by atoms with E-state index in [1.165, 1.54) is 15.8 Å². The number of rotatable bonds is 3. The van der Waals surface area contributed by atoms with Crippen molar-refractivity contribution in [3.05, 3.63) is 47.5 Å². The third kappa shape index (κ3) is 2.62. The monoisotopic (exact) mass is 313 g/mol. The van der Waals surface area contributed by atoms with Crippen molar-refractivity contribution in [2.24, 2.45) is 0 Å². The van der Waals surface area contributed by atoms with Crippen LogP contribution in [0.1, 0.15) is 11.6 Å². The summed E-state index contributed by atoms with van der Waals surface area (Å²) < 4.78 is 6.66. The van der Waals surface area contributed by atoms with Crippen molar-refractivity contribution >= 4 is 27.1 Å². The topological polar surface area (TPSA) is 32.5 Å². The maximum absolute atomic E-state index is 5.29. The second-order valence-electron chi connectivity index (χ2n) is 5.73. The van der Waals surface area contributed by atoms with Crippen LogP contribution in [0.2, 0.25) is 0 Å². The van der Waals surface area contributed by atoms with Gasteiger partial charge in [0.2, 0.25) is 0 Å². The van der Waals surface area contributed by atoms with Crippen LogP contribution < -0.4 is 4.90 Å². The number of benzene rings is 1. The molecule has 5 heteroatoms. The van der Waals surface area contributed by atoms with E-state index in [9.17, 15) is 0 Å². The van der Waals surface area contributed by atoms with Gasteiger partial charge in [-0.25, -0.2) is 4.98 Å². The maximum Gasteiger partial charge on any atom is 0.191 e. The van der Waals surface area contributed by atoms with Gasteiger partial charge in [0, 0.05) is 55.4 Å². The van der Waals surface area contributed by atoms with Gasteiger partial charge in [-0.2, -0.15) is 0 Å². The van der Waals surface area contributed by atoms with Crippen molar-refractivity contribution in [3.63, 3.8) is 0 Å². The molecule has 0 spiro atoms. The number of thiophene rings is 1. The first-order valence-electron chi connectivity index (χ1n) is 7.64. The SMILES string of the molecule is Cc1nc(CN2CCN(c3cccc4sccc34)CC2)co1. The van der Waals surface area contributed by atoms with E-state index in [0.717, 1.165) is 44.3 Å². The molecule has 4 nitrogen and oxygen atoms in total. The van der Waals surface area contributed by atoms with Gasteiger partial charge in [0.25, 0.3) is 0 Å². The van der Waals surface area contributed by atoms with Crippen molar-refractivity contribution in [2.45, 2.75) is 13.5 Å². The molecule has 1 saturated heterocycles. The van der Waals surface area contributed by atoms with Crippen LogP contribution in [0.25, 0.3) is 10.1 Å². The van der Waals surface area contributed by atoms with Crippen LogP contribution >= 0.6 is 11.3 Å². The number of nitrogens with zero attached hydrogens (tertiary/aromatic N) is 3. The van der Waals surface area contributed by atoms with Gasteiger partial charge in [-0.15, -0.1) is 11.3 Å². The Morgan fingerprint density at radius 1 is 1.18 bits per heavy atom. The smallest absolute Gasteiger partial charge is 0.191 e. The number of aromatic nitrogens is 1. The standard InChI is InChI=1S/C17H19N3OS/c1-13-18-14(12-21-13)11-19-6-8-20(9-7-19)16-3-2-4-17-15(16)5-10-22-17/h2-5,10,12H,6-9,11H2,1H3. The molecule has 22 heavy (non-hydrogen) atoms. The fourth-order valence-corrected chi connectivity index (χ4v) is 3.92. The molecule has 1 aliphatic rings. The first kappa shape index (κ1) is 13.8. The molecule has 0 saturated carbocycles. The van der Waals surface area contributed by atoms with Crippen molar-refractivity contribution in [1.29, 1.82) is 0 Å². The Morgan fingerprint density at radius 2 is 2.05 bits per heavy atom. The van der Waals surface area contributed by atoms with Gasteiger partial charge in [-0.05, 0) is 23.6 Å². The molecule has 3 aromatic rings. The second kappa shape index (κ2) is 5.74. The molecule has 0 N–H and O–H groups in total. The van der Waals surface area contributed by atoms with Gasteiger partial charge in [0.1, 0.15) is 6.26 Å². The van der Waals surface area contributed by atoms with E-state index in [1.807, 2.05) is 18.3 Å². The normalized spacial score (nSPS) is 16.5. The van der Waals surface area contributed by atoms with E-state index in [-0.39, 0.29) is 0 Å². The highest BCUT2D eigenvalue weighted by molar-refractivity contribution is 7.17. The van der Waals surface area contributed by atoms with Crippen molar-refractivity contribution < 1.29 is 4.42 Å². The highest BCUT2D eigenvalue weighted by Crippen LogP contribution is 2.31. The van der Waals surface area contributed by atoms with E-state index in [1.54, 1.807) is 6.26 Å². The molecule has 0 aliphatic carbocycles. The zero-order chi connectivity index (χ0) is 14.9. The summed E-state index contributed by atoms with van der Waals surface area (Å²) >= 11 is 1.81. The van der Waals surface area contributed by atoms with Crippen LogP contribution in [0.15, 0.2) is 40.3 Å². The first-order chi connectivity index (χ1) is 10.8. The van der Waals surface area contributed by atoms with Crippen LogP contribution in [0.4, 0.5) is 5.69 Å². The molecule has 0 unspecified atom stereocenters. The zero-order valence-electron chi connectivity index (χ0n) is 12.7. The summed E-state index contributed by atoms with van der Waals surface area (Å²) in [5.41, 5.74) is 2.40. The molecule has 0 bridgehead atoms. The summed E-state index contributed by atoms with van der Waals surface area (Å²) in [7, 11) is 0. The Balaban J connectivity index is 1.44. The molecule has 1 aliphatic heterocycles. The number of aryl methyl sites for hydroxylation is 1. The van der Waals surface area contributed by atoms with E-state index in [0.29, 0.717) is 0 Å². The Labute approximate surface area is 134 Å². The van der Waals surface area contributed by atoms with Crippen molar-refractivity contribution in [1.82, 2.24) is 9.88 Å². The number of piperazine rings is 1. The van der Waals surface area contributed by atoms with Crippen LogP contribution in [0.3, 0.4) is 0 Å². The Hall–Kier alpha value is -1.85. The summed E-state index contributed by atoms with van der Waals surface area (Å²) in [5.74, 6) is 0.748. The quantitative estimate of drug-likeness (QED) is 0.740. The second-order valence-corrected chi connectivity index (χ2v) is 6.68. The molecule has 1 aromatic carbocycles. The Morgan fingerprint density at radius 3 is 2.82 bits per heavy atom. The highest BCUT2D eigenvalue weighted by atomic mass is 32.1. The number of anilines is 1. The van der Waals surface area contributed by atoms with Gasteiger partial charge in [0.15, 0.2) is 5.89 Å². The van der Waals surface area contributed by atoms with Crippen LogP contribution in [-0.4, -0.2) is 36.1 Å². The number of fused-ring (bicyclic) bond motifs is 1. The van der Waals surface area contributed by atoms with Gasteiger partial charge in [0.05, 0.1) is 5.69 Å². The molecule has 2 aromatic heterocycles. The lowest BCUT2D eigenvalue weighted by Crippen LogP contribution is -2.46. The Bertz CT molecular complexity index is 771. The molecule has 114 valence electrons. The Kier molecular flexibility index (Phi) is 3.60. The minimum Gasteiger partial charge on any atom is -0.449 e. The fourth-order valence-electron chi connectivity index (χ4n) is 3.11. The average Bonchev–Trinajstić information content (AvgIpc) is 3.16. The van der Waals surface area contributed by atoms with Gasteiger partial charge >= 0.3 is 0 Å². The van der Waals surface area contributed by atoms with E-state index in [2.05, 4.69) is 44.4 Å². The number of hydrogen-bond donors (Lipinski definition) is 0. The summed E-state index contributed by atoms with van der Waals surface area (Å²) in [6, 6.07) is 8.84. The van der Waals surface area contributed by atoms with E-state index >= 15 is 0 Å². The minimum atomic E-state index is 0.748. The third-order valence-electron chi connectivity index (χ3n) is 4.24. The van der Waals surface area contributed by atoms with Crippen LogP contribution in [0.5, 0.6) is 0 Å². The minimum absolute atomic E-state index is 0.748. The third-order valence-corrected chi connectivity index (χ3v) is 5.12. The fraction of sp³-hybridized carbons (Fsp3) is 0.353. The van der Waals surface area contributed by atoms with Gasteiger partial charge in [-0.3, -0.25) is 4.90 Å². The lowest BCUT2D eigenvalue weighted by atomic mass is 10.2. The highest BCUT2D eigenvalue weighted by Gasteiger charge is 2.19. The van der Waals surface area contributed by atoms with E-state index in [4.69, 9.17) is 4.42 Å². The summed E-state index contributed by atoms with van der Waals surface area (Å²) in [4.78, 5) is 9.34. The molecule has 4 rings (SSSR count). The number of oxazole rings is 1. The van der Waals surface area contributed by atoms with Crippen LogP contribution in [-0.2, 0) is 6.54 Å². The zero-order valence-corrected chi connectivity index (χ0v) is 13.5. The molecule has 0 amide bonds. The molecule has 1 fully saturated rings. The molecular formula is C17H19N3OS. The lowest BCUT2D eigenvalue weighted by Gasteiger charge is -2.36. The predicted molar refractivity (Wildman–Crippen MR) is 90.6 cm³/mol. The van der Waals surface area contributed by atoms with Gasteiger partial charge < -0.3 is 9.32 Å². The molecule has 3 heterocycles. The number of hydrogen-bond acceptors (Lipinski definition) is 5. The van der Waals surface area contributed by atoms with Crippen molar-refractivity contribution in [2.75, 3.05) is 31.1 Å². The largest absolute Gasteiger partial charge is 0.449 e. The maximum atomic E-state index is 5.29. The van der Waals surface area contributed by atoms with Crippen molar-refractivity contribution in [3.8, 4) is 0 Å². The average molecular weight is 313 g/mol. The summed E-state index contributed by atoms with van der Waals surface area (Å²) in [6.45, 7) is 7.02. The molecular weight excluding hydrogens is 294 g/mol. The van der Waals surface area contributed by atoms with Crippen LogP contribution in [0, 0.1) is 6.92 Å². The molecule has 0 radical (unpaired) electrons. The van der Waals surface area contributed by atoms with E-state index < -0.39 is 0 Å². The lowest BCUT2D eigenvalue weighted by molar-refractivity contribution is 0.247. The summed E-state index contributed by atoms with van der Waals surface area (Å²) in [6.07, 6.45) is 1.77.